The van der Waals surface area contributed by atoms with Crippen molar-refractivity contribution in [2.45, 2.75) is 12.1 Å². The van der Waals surface area contributed by atoms with Crippen molar-refractivity contribution in [1.29, 1.82) is 5.26 Å². The fraction of sp³-hybridized carbons (Fsp3) is 0.167. The highest BCUT2D eigenvalue weighted by Gasteiger charge is 2.31. The third-order valence-electron chi connectivity index (χ3n) is 3.39. The van der Waals surface area contributed by atoms with Gasteiger partial charge in [-0.3, -0.25) is 9.78 Å². The minimum atomic E-state index is -4.53. The fourth-order valence-electron chi connectivity index (χ4n) is 2.09. The Balaban J connectivity index is 2.21. The van der Waals surface area contributed by atoms with Gasteiger partial charge in [0.05, 0.1) is 24.4 Å². The lowest BCUT2D eigenvalue weighted by Gasteiger charge is -2.09. The van der Waals surface area contributed by atoms with Crippen LogP contribution >= 0.6 is 0 Å². The summed E-state index contributed by atoms with van der Waals surface area (Å²) in [4.78, 5) is 15.8. The van der Waals surface area contributed by atoms with Crippen molar-refractivity contribution in [3.05, 3.63) is 65.5 Å². The SMILES string of the molecule is COc1ccccc1/C=C/C(=O)[C@@H](C#N)c1ccc(C(F)(F)F)cn1. The number of nitriles is 1. The second kappa shape index (κ2) is 7.62. The van der Waals surface area contributed by atoms with Crippen LogP contribution in [0.5, 0.6) is 5.75 Å². The molecule has 0 aliphatic carbocycles. The van der Waals surface area contributed by atoms with Gasteiger partial charge in [-0.05, 0) is 30.4 Å². The maximum atomic E-state index is 12.5. The van der Waals surface area contributed by atoms with Crippen LogP contribution in [0.25, 0.3) is 6.08 Å². The maximum absolute atomic E-state index is 12.5. The number of pyridine rings is 1. The van der Waals surface area contributed by atoms with Gasteiger partial charge in [-0.15, -0.1) is 0 Å². The smallest absolute Gasteiger partial charge is 0.417 e. The highest BCUT2D eigenvalue weighted by molar-refractivity contribution is 6.00. The van der Waals surface area contributed by atoms with Crippen LogP contribution in [-0.2, 0) is 11.0 Å². The minimum Gasteiger partial charge on any atom is -0.496 e. The first kappa shape index (κ1) is 18.2. The van der Waals surface area contributed by atoms with E-state index in [1.54, 1.807) is 30.3 Å². The van der Waals surface area contributed by atoms with E-state index < -0.39 is 23.4 Å². The normalized spacial score (nSPS) is 12.6. The highest BCUT2D eigenvalue weighted by Crippen LogP contribution is 2.29. The fourth-order valence-corrected chi connectivity index (χ4v) is 2.09. The van der Waals surface area contributed by atoms with Crippen LogP contribution in [-0.4, -0.2) is 17.9 Å². The zero-order valence-corrected chi connectivity index (χ0v) is 13.1. The second-order valence-corrected chi connectivity index (χ2v) is 5.01. The summed E-state index contributed by atoms with van der Waals surface area (Å²) in [7, 11) is 1.48. The first-order valence-electron chi connectivity index (χ1n) is 7.14. The Hall–Kier alpha value is -3.14. The Kier molecular flexibility index (Phi) is 5.55. The zero-order chi connectivity index (χ0) is 18.4. The Morgan fingerprint density at radius 3 is 2.56 bits per heavy atom. The number of ketones is 1. The van der Waals surface area contributed by atoms with Gasteiger partial charge in [0.25, 0.3) is 0 Å². The summed E-state index contributed by atoms with van der Waals surface area (Å²) < 4.78 is 42.8. The van der Waals surface area contributed by atoms with Gasteiger partial charge in [-0.25, -0.2) is 0 Å². The number of hydrogen-bond donors (Lipinski definition) is 0. The van der Waals surface area contributed by atoms with Gasteiger partial charge in [0.15, 0.2) is 11.7 Å². The number of halogens is 3. The summed E-state index contributed by atoms with van der Waals surface area (Å²) in [6.45, 7) is 0. The molecule has 2 aromatic rings. The first-order valence-corrected chi connectivity index (χ1v) is 7.14. The van der Waals surface area contributed by atoms with Crippen LogP contribution < -0.4 is 4.74 Å². The van der Waals surface area contributed by atoms with Gasteiger partial charge in [-0.2, -0.15) is 18.4 Å². The molecule has 128 valence electrons. The van der Waals surface area contributed by atoms with Gasteiger partial charge in [-0.1, -0.05) is 18.2 Å². The van der Waals surface area contributed by atoms with Gasteiger partial charge in [0.2, 0.25) is 0 Å². The number of rotatable bonds is 5. The molecule has 7 heteroatoms. The average Bonchev–Trinajstić information content (AvgIpc) is 2.60. The van der Waals surface area contributed by atoms with E-state index in [2.05, 4.69) is 4.98 Å². The van der Waals surface area contributed by atoms with Crippen LogP contribution in [0.1, 0.15) is 22.7 Å². The molecule has 1 aromatic carbocycles. The molecule has 0 N–H and O–H groups in total. The lowest BCUT2D eigenvalue weighted by atomic mass is 9.99. The summed E-state index contributed by atoms with van der Waals surface area (Å²) in [5.74, 6) is -1.32. The number of ether oxygens (including phenoxy) is 1. The number of para-hydroxylation sites is 1. The highest BCUT2D eigenvalue weighted by atomic mass is 19.4. The van der Waals surface area contributed by atoms with Gasteiger partial charge in [0.1, 0.15) is 5.75 Å². The van der Waals surface area contributed by atoms with Crippen molar-refractivity contribution in [2.75, 3.05) is 7.11 Å². The minimum absolute atomic E-state index is 0.0369. The van der Waals surface area contributed by atoms with Crippen LogP contribution in [0.4, 0.5) is 13.2 Å². The summed E-state index contributed by atoms with van der Waals surface area (Å²) in [5, 5.41) is 9.19. The molecule has 25 heavy (non-hydrogen) atoms. The molecule has 0 unspecified atom stereocenters. The summed E-state index contributed by atoms with van der Waals surface area (Å²) >= 11 is 0. The third kappa shape index (κ3) is 4.44. The molecule has 2 rings (SSSR count). The van der Waals surface area contributed by atoms with Gasteiger partial charge < -0.3 is 4.74 Å². The molecule has 1 atom stereocenters. The molecule has 4 nitrogen and oxygen atoms in total. The van der Waals surface area contributed by atoms with E-state index in [9.17, 15) is 23.2 Å². The molecule has 0 saturated heterocycles. The zero-order valence-electron chi connectivity index (χ0n) is 13.1. The number of allylic oxidation sites excluding steroid dienone is 1. The monoisotopic (exact) mass is 346 g/mol. The molecule has 0 saturated carbocycles. The molecule has 0 amide bonds. The van der Waals surface area contributed by atoms with Crippen LogP contribution in [0.3, 0.4) is 0 Å². The number of nitrogens with zero attached hydrogens (tertiary/aromatic N) is 2. The molecular formula is C18H13F3N2O2. The molecule has 0 radical (unpaired) electrons. The number of carbonyl (C=O) groups is 1. The summed E-state index contributed by atoms with van der Waals surface area (Å²) in [5.41, 5.74) is -0.342. The maximum Gasteiger partial charge on any atom is 0.417 e. The molecule has 1 aromatic heterocycles. The molecule has 0 bridgehead atoms. The summed E-state index contributed by atoms with van der Waals surface area (Å²) in [6, 6.07) is 10.6. The molecule has 0 aliphatic heterocycles. The van der Waals surface area contributed by atoms with E-state index in [0.717, 1.165) is 12.1 Å². The van der Waals surface area contributed by atoms with E-state index in [1.165, 1.54) is 19.3 Å². The molecule has 0 spiro atoms. The number of aromatic nitrogens is 1. The predicted molar refractivity (Wildman–Crippen MR) is 84.6 cm³/mol. The lowest BCUT2D eigenvalue weighted by molar-refractivity contribution is -0.137. The number of hydrogen-bond acceptors (Lipinski definition) is 4. The molecule has 0 fully saturated rings. The van der Waals surface area contributed by atoms with E-state index in [1.807, 2.05) is 0 Å². The van der Waals surface area contributed by atoms with Crippen molar-refractivity contribution >= 4 is 11.9 Å². The average molecular weight is 346 g/mol. The molecule has 0 aliphatic rings. The van der Waals surface area contributed by atoms with Crippen LogP contribution in [0, 0.1) is 11.3 Å². The van der Waals surface area contributed by atoms with Gasteiger partial charge >= 0.3 is 6.18 Å². The molecule has 1 heterocycles. The van der Waals surface area contributed by atoms with Crippen molar-refractivity contribution in [3.8, 4) is 11.8 Å². The number of carbonyl (C=O) groups excluding carboxylic acids is 1. The van der Waals surface area contributed by atoms with Crippen LogP contribution in [0.2, 0.25) is 0 Å². The van der Waals surface area contributed by atoms with Gasteiger partial charge in [0, 0.05) is 11.8 Å². The number of benzene rings is 1. The second-order valence-electron chi connectivity index (χ2n) is 5.01. The first-order chi connectivity index (χ1) is 11.9. The summed E-state index contributed by atoms with van der Waals surface area (Å²) in [6.07, 6.45) is -1.25. The predicted octanol–water partition coefficient (Wildman–Crippen LogP) is 4.00. The quantitative estimate of drug-likeness (QED) is 0.768. The topological polar surface area (TPSA) is 63.0 Å². The van der Waals surface area contributed by atoms with Crippen molar-refractivity contribution in [3.63, 3.8) is 0 Å². The van der Waals surface area contributed by atoms with Crippen molar-refractivity contribution in [1.82, 2.24) is 4.98 Å². The Labute approximate surface area is 142 Å². The largest absolute Gasteiger partial charge is 0.496 e. The van der Waals surface area contributed by atoms with Crippen LogP contribution in [0.15, 0.2) is 48.7 Å². The van der Waals surface area contributed by atoms with Crippen molar-refractivity contribution in [2.24, 2.45) is 0 Å². The van der Waals surface area contributed by atoms with Crippen molar-refractivity contribution < 1.29 is 22.7 Å². The number of alkyl halides is 3. The number of methoxy groups -OCH3 is 1. The van der Waals surface area contributed by atoms with E-state index >= 15 is 0 Å². The third-order valence-corrected chi connectivity index (χ3v) is 3.39. The Morgan fingerprint density at radius 1 is 1.28 bits per heavy atom. The Bertz CT molecular complexity index is 821. The van der Waals surface area contributed by atoms with E-state index in [-0.39, 0.29) is 5.69 Å². The van der Waals surface area contributed by atoms with E-state index in [4.69, 9.17) is 4.74 Å². The lowest BCUT2D eigenvalue weighted by Crippen LogP contribution is -2.11. The van der Waals surface area contributed by atoms with E-state index in [0.29, 0.717) is 17.5 Å². The Morgan fingerprint density at radius 2 is 2.00 bits per heavy atom. The molecular weight excluding hydrogens is 333 g/mol. The standard InChI is InChI=1S/C18H13F3N2O2/c1-25-17-5-3-2-4-12(17)6-9-16(24)14(10-22)15-8-7-13(11-23-15)18(19,20)21/h2-9,11,14H,1H3/b9-6+/t14-/m0/s1.